The van der Waals surface area contributed by atoms with Crippen LogP contribution in [0.2, 0.25) is 0 Å². The van der Waals surface area contributed by atoms with Gasteiger partial charge in [0, 0.05) is 22.2 Å². The number of hydrogen-bond donors (Lipinski definition) is 0. The molecule has 45 heavy (non-hydrogen) atoms. The number of benzene rings is 6. The standard InChI is InChI=1S/C41H33FN2O/c1-24(2)34-21-28(26-11-6-5-7-12-26)22-35(25(3)4)38(34)44-39-30-14-9-8-13-27(30)17-20-36(39)43-41(44)33-16-10-15-32-31-19-18-29(42)23-37(31)45-40(32)33/h5-25H,1-4H3. The van der Waals surface area contributed by atoms with Crippen LogP contribution in [0.1, 0.15) is 50.7 Å². The third kappa shape index (κ3) is 4.35. The molecule has 0 aliphatic carbocycles. The maximum atomic E-state index is 14.3. The van der Waals surface area contributed by atoms with Crippen LogP contribution >= 0.6 is 0 Å². The Morgan fingerprint density at radius 3 is 2.11 bits per heavy atom. The van der Waals surface area contributed by atoms with Crippen molar-refractivity contribution in [1.29, 1.82) is 0 Å². The Labute approximate surface area is 261 Å². The summed E-state index contributed by atoms with van der Waals surface area (Å²) in [5, 5.41) is 4.13. The fraction of sp³-hybridized carbons (Fsp3) is 0.146. The van der Waals surface area contributed by atoms with Crippen LogP contribution in [0, 0.1) is 5.82 Å². The monoisotopic (exact) mass is 588 g/mol. The van der Waals surface area contributed by atoms with E-state index in [2.05, 4.69) is 117 Å². The van der Waals surface area contributed by atoms with Crippen LogP contribution in [0.5, 0.6) is 0 Å². The fourth-order valence-electron chi connectivity index (χ4n) is 6.80. The van der Waals surface area contributed by atoms with Crippen molar-refractivity contribution in [3.05, 3.63) is 132 Å². The smallest absolute Gasteiger partial charge is 0.149 e. The lowest BCUT2D eigenvalue weighted by atomic mass is 9.88. The highest BCUT2D eigenvalue weighted by molar-refractivity contribution is 6.11. The van der Waals surface area contributed by atoms with Gasteiger partial charge < -0.3 is 4.42 Å². The third-order valence-corrected chi connectivity index (χ3v) is 8.99. The number of para-hydroxylation sites is 1. The fourth-order valence-corrected chi connectivity index (χ4v) is 6.80. The molecular formula is C41H33FN2O. The third-order valence-electron chi connectivity index (χ3n) is 8.99. The summed E-state index contributed by atoms with van der Waals surface area (Å²) in [7, 11) is 0. The van der Waals surface area contributed by atoms with Crippen molar-refractivity contribution in [2.24, 2.45) is 0 Å². The number of aromatic nitrogens is 2. The molecule has 0 spiro atoms. The number of nitrogens with zero attached hydrogens (tertiary/aromatic N) is 2. The minimum absolute atomic E-state index is 0.242. The van der Waals surface area contributed by atoms with Gasteiger partial charge in [-0.2, -0.15) is 0 Å². The molecule has 220 valence electrons. The predicted octanol–water partition coefficient (Wildman–Crippen LogP) is 11.8. The molecule has 0 amide bonds. The Kier molecular flexibility index (Phi) is 6.35. The molecule has 6 aromatic carbocycles. The number of imidazole rings is 1. The van der Waals surface area contributed by atoms with Gasteiger partial charge in [-0.3, -0.25) is 4.57 Å². The highest BCUT2D eigenvalue weighted by Gasteiger charge is 2.26. The second-order valence-electron chi connectivity index (χ2n) is 12.5. The molecule has 4 heteroatoms. The van der Waals surface area contributed by atoms with E-state index in [0.29, 0.717) is 11.2 Å². The first kappa shape index (κ1) is 27.3. The lowest BCUT2D eigenvalue weighted by Crippen LogP contribution is -2.09. The Morgan fingerprint density at radius 1 is 0.644 bits per heavy atom. The predicted molar refractivity (Wildman–Crippen MR) is 185 cm³/mol. The molecule has 0 saturated carbocycles. The second-order valence-corrected chi connectivity index (χ2v) is 12.5. The van der Waals surface area contributed by atoms with E-state index in [9.17, 15) is 4.39 Å². The van der Waals surface area contributed by atoms with Gasteiger partial charge in [-0.05, 0) is 75.9 Å². The summed E-state index contributed by atoms with van der Waals surface area (Å²) in [6, 6.07) is 39.0. The molecule has 0 aliphatic heterocycles. The molecule has 2 heterocycles. The number of furan rings is 1. The van der Waals surface area contributed by atoms with Crippen LogP contribution in [-0.4, -0.2) is 9.55 Å². The van der Waals surface area contributed by atoms with Crippen molar-refractivity contribution >= 4 is 43.7 Å². The van der Waals surface area contributed by atoms with Crippen LogP contribution in [0.15, 0.2) is 120 Å². The lowest BCUT2D eigenvalue weighted by molar-refractivity contribution is 0.618. The van der Waals surface area contributed by atoms with Crippen LogP contribution in [0.3, 0.4) is 0 Å². The molecule has 0 saturated heterocycles. The average molecular weight is 589 g/mol. The molecule has 8 rings (SSSR count). The first-order valence-corrected chi connectivity index (χ1v) is 15.6. The van der Waals surface area contributed by atoms with Gasteiger partial charge in [-0.15, -0.1) is 0 Å². The van der Waals surface area contributed by atoms with Gasteiger partial charge in [0.1, 0.15) is 22.8 Å². The minimum Gasteiger partial charge on any atom is -0.455 e. The van der Waals surface area contributed by atoms with Gasteiger partial charge >= 0.3 is 0 Å². The van der Waals surface area contributed by atoms with Crippen molar-refractivity contribution < 1.29 is 8.81 Å². The van der Waals surface area contributed by atoms with E-state index in [1.165, 1.54) is 34.4 Å². The first-order valence-electron chi connectivity index (χ1n) is 15.6. The van der Waals surface area contributed by atoms with Crippen LogP contribution < -0.4 is 0 Å². The quantitative estimate of drug-likeness (QED) is 0.200. The maximum Gasteiger partial charge on any atom is 0.149 e. The SMILES string of the molecule is CC(C)c1cc(-c2ccccc2)cc(C(C)C)c1-n1c(-c2cccc3c2oc2cc(F)ccc23)nc2ccc3ccccc3c21. The van der Waals surface area contributed by atoms with Gasteiger partial charge in [0.2, 0.25) is 0 Å². The van der Waals surface area contributed by atoms with E-state index in [0.717, 1.165) is 49.7 Å². The highest BCUT2D eigenvalue weighted by atomic mass is 19.1. The molecule has 0 aliphatic rings. The summed E-state index contributed by atoms with van der Waals surface area (Å²) in [5.41, 5.74) is 10.2. The van der Waals surface area contributed by atoms with Crippen LogP contribution in [-0.2, 0) is 0 Å². The van der Waals surface area contributed by atoms with E-state index in [-0.39, 0.29) is 17.7 Å². The lowest BCUT2D eigenvalue weighted by Gasteiger charge is -2.24. The van der Waals surface area contributed by atoms with Gasteiger partial charge in [0.05, 0.1) is 22.3 Å². The number of hydrogen-bond acceptors (Lipinski definition) is 2. The van der Waals surface area contributed by atoms with Gasteiger partial charge in [-0.25, -0.2) is 9.37 Å². The number of fused-ring (bicyclic) bond motifs is 6. The van der Waals surface area contributed by atoms with Crippen molar-refractivity contribution in [3.63, 3.8) is 0 Å². The van der Waals surface area contributed by atoms with Crippen LogP contribution in [0.25, 0.3) is 71.9 Å². The van der Waals surface area contributed by atoms with E-state index in [4.69, 9.17) is 9.40 Å². The van der Waals surface area contributed by atoms with E-state index < -0.39 is 0 Å². The zero-order valence-electron chi connectivity index (χ0n) is 25.8. The molecule has 0 N–H and O–H groups in total. The van der Waals surface area contributed by atoms with Gasteiger partial charge in [0.25, 0.3) is 0 Å². The summed E-state index contributed by atoms with van der Waals surface area (Å²) in [5.74, 6) is 0.976. The zero-order valence-corrected chi connectivity index (χ0v) is 25.8. The Bertz CT molecular complexity index is 2370. The Balaban J connectivity index is 1.54. The van der Waals surface area contributed by atoms with E-state index in [1.807, 2.05) is 12.1 Å². The normalized spacial score (nSPS) is 12.1. The topological polar surface area (TPSA) is 31.0 Å². The molecule has 0 radical (unpaired) electrons. The van der Waals surface area contributed by atoms with Crippen molar-refractivity contribution in [2.75, 3.05) is 0 Å². The second kappa shape index (κ2) is 10.4. The summed E-state index contributed by atoms with van der Waals surface area (Å²) in [6.45, 7) is 9.07. The average Bonchev–Trinajstić information content (AvgIpc) is 3.62. The van der Waals surface area contributed by atoms with Crippen molar-refractivity contribution in [3.8, 4) is 28.2 Å². The molecular weight excluding hydrogens is 555 g/mol. The van der Waals surface area contributed by atoms with Crippen LogP contribution in [0.4, 0.5) is 4.39 Å². The van der Waals surface area contributed by atoms with Gasteiger partial charge in [0.15, 0.2) is 0 Å². The molecule has 2 aromatic heterocycles. The van der Waals surface area contributed by atoms with Crippen molar-refractivity contribution in [2.45, 2.75) is 39.5 Å². The molecule has 0 unspecified atom stereocenters. The summed E-state index contributed by atoms with van der Waals surface area (Å²) in [4.78, 5) is 5.36. The summed E-state index contributed by atoms with van der Waals surface area (Å²) < 4.78 is 23.1. The zero-order chi connectivity index (χ0) is 30.8. The summed E-state index contributed by atoms with van der Waals surface area (Å²) >= 11 is 0. The molecule has 8 aromatic rings. The Morgan fingerprint density at radius 2 is 1.36 bits per heavy atom. The Hall–Kier alpha value is -5.22. The van der Waals surface area contributed by atoms with E-state index >= 15 is 0 Å². The number of rotatable bonds is 5. The largest absolute Gasteiger partial charge is 0.455 e. The molecule has 0 fully saturated rings. The highest BCUT2D eigenvalue weighted by Crippen LogP contribution is 2.43. The molecule has 0 bridgehead atoms. The maximum absolute atomic E-state index is 14.3. The molecule has 0 atom stereocenters. The first-order chi connectivity index (χ1) is 21.9. The van der Waals surface area contributed by atoms with Crippen molar-refractivity contribution in [1.82, 2.24) is 9.55 Å². The number of halogens is 1. The van der Waals surface area contributed by atoms with E-state index in [1.54, 1.807) is 6.07 Å². The minimum atomic E-state index is -0.316. The summed E-state index contributed by atoms with van der Waals surface area (Å²) in [6.07, 6.45) is 0. The molecule has 3 nitrogen and oxygen atoms in total. The van der Waals surface area contributed by atoms with Gasteiger partial charge in [-0.1, -0.05) is 100 Å².